The molecule has 1 heterocycles. The number of aliphatic hydroxyl groups is 1. The van der Waals surface area contributed by atoms with Crippen LogP contribution in [0.5, 0.6) is 0 Å². The lowest BCUT2D eigenvalue weighted by atomic mass is 10.2. The highest BCUT2D eigenvalue weighted by Gasteiger charge is 2.16. The molecule has 1 unspecified atom stereocenters. The molecule has 1 fully saturated rings. The predicted octanol–water partition coefficient (Wildman–Crippen LogP) is 0.306. The van der Waals surface area contributed by atoms with E-state index in [2.05, 4.69) is 40.8 Å². The average molecular weight is 300 g/mol. The molecule has 0 aliphatic carbocycles. The molecule has 1 aliphatic heterocycles. The first-order valence-corrected chi connectivity index (χ1v) is 8.75. The van der Waals surface area contributed by atoms with Gasteiger partial charge >= 0.3 is 0 Å². The quantitative estimate of drug-likeness (QED) is 0.575. The molecule has 0 spiro atoms. The third-order valence-corrected chi connectivity index (χ3v) is 4.44. The maximum absolute atomic E-state index is 10.3. The van der Waals surface area contributed by atoms with Crippen LogP contribution in [0.1, 0.15) is 27.2 Å². The molecule has 0 aromatic rings. The van der Waals surface area contributed by atoms with Crippen LogP contribution in [0.25, 0.3) is 0 Å². The predicted molar refractivity (Wildman–Crippen MR) is 89.8 cm³/mol. The molecule has 126 valence electrons. The molecule has 5 nitrogen and oxygen atoms in total. The maximum atomic E-state index is 10.3. The molecule has 1 atom stereocenters. The van der Waals surface area contributed by atoms with Crippen LogP contribution in [0.4, 0.5) is 0 Å². The molecule has 0 amide bonds. The Morgan fingerprint density at radius 1 is 1.00 bits per heavy atom. The fourth-order valence-electron chi connectivity index (χ4n) is 2.98. The monoisotopic (exact) mass is 300 g/mol. The van der Waals surface area contributed by atoms with Gasteiger partial charge in [0, 0.05) is 39.3 Å². The topological polar surface area (TPSA) is 42.0 Å². The average Bonchev–Trinajstić information content (AvgIpc) is 2.51. The van der Waals surface area contributed by atoms with Crippen LogP contribution in [0.3, 0.4) is 0 Å². The summed E-state index contributed by atoms with van der Waals surface area (Å²) in [6.45, 7) is 18.0. The highest BCUT2D eigenvalue weighted by atomic mass is 16.3. The summed E-state index contributed by atoms with van der Waals surface area (Å²) in [6, 6.07) is 0. The molecule has 0 saturated carbocycles. The van der Waals surface area contributed by atoms with Crippen LogP contribution < -0.4 is 5.32 Å². The highest BCUT2D eigenvalue weighted by molar-refractivity contribution is 4.73. The maximum Gasteiger partial charge on any atom is 0.0793 e. The van der Waals surface area contributed by atoms with Gasteiger partial charge in [-0.05, 0) is 39.1 Å². The van der Waals surface area contributed by atoms with Crippen molar-refractivity contribution in [2.45, 2.75) is 33.3 Å². The zero-order valence-corrected chi connectivity index (χ0v) is 14.4. The molecule has 0 aromatic carbocycles. The van der Waals surface area contributed by atoms with Crippen molar-refractivity contribution in [3.05, 3.63) is 0 Å². The summed E-state index contributed by atoms with van der Waals surface area (Å²) in [7, 11) is 0. The third-order valence-electron chi connectivity index (χ3n) is 4.44. The van der Waals surface area contributed by atoms with Crippen LogP contribution >= 0.6 is 0 Å². The summed E-state index contributed by atoms with van der Waals surface area (Å²) in [5.41, 5.74) is 0. The first-order chi connectivity index (χ1) is 10.2. The lowest BCUT2D eigenvalue weighted by Crippen LogP contribution is -2.48. The second kappa shape index (κ2) is 11.4. The summed E-state index contributed by atoms with van der Waals surface area (Å²) in [4.78, 5) is 7.21. The zero-order valence-electron chi connectivity index (χ0n) is 14.4. The van der Waals surface area contributed by atoms with E-state index in [9.17, 15) is 5.11 Å². The van der Waals surface area contributed by atoms with Crippen molar-refractivity contribution in [2.75, 3.05) is 72.0 Å². The van der Waals surface area contributed by atoms with Gasteiger partial charge < -0.3 is 20.2 Å². The van der Waals surface area contributed by atoms with Crippen LogP contribution in [0, 0.1) is 0 Å². The molecule has 0 bridgehead atoms. The Hall–Kier alpha value is -0.200. The molecule has 2 N–H and O–H groups in total. The number of hydrogen-bond acceptors (Lipinski definition) is 5. The van der Waals surface area contributed by atoms with E-state index in [-0.39, 0.29) is 6.10 Å². The van der Waals surface area contributed by atoms with E-state index in [1.807, 2.05) is 0 Å². The molecule has 21 heavy (non-hydrogen) atoms. The first kappa shape index (κ1) is 18.8. The molecule has 5 heteroatoms. The van der Waals surface area contributed by atoms with Crippen LogP contribution in [0.15, 0.2) is 0 Å². The van der Waals surface area contributed by atoms with Crippen molar-refractivity contribution in [2.24, 2.45) is 0 Å². The summed E-state index contributed by atoms with van der Waals surface area (Å²) < 4.78 is 0. The Balaban J connectivity index is 2.19. The number of nitrogens with one attached hydrogen (secondary N) is 1. The Kier molecular flexibility index (Phi) is 10.2. The molecule has 0 aromatic heterocycles. The molecular formula is C16H36N4O. The minimum Gasteiger partial charge on any atom is -0.390 e. The molecule has 1 rings (SSSR count). The van der Waals surface area contributed by atoms with Crippen molar-refractivity contribution >= 4 is 0 Å². The number of rotatable bonds is 11. The van der Waals surface area contributed by atoms with Gasteiger partial charge in [-0.1, -0.05) is 20.8 Å². The number of hydrogen-bond donors (Lipinski definition) is 2. The van der Waals surface area contributed by atoms with Gasteiger partial charge in [-0.25, -0.2) is 0 Å². The summed E-state index contributed by atoms with van der Waals surface area (Å²) in [5, 5.41) is 13.6. The summed E-state index contributed by atoms with van der Waals surface area (Å²) in [6.07, 6.45) is 0.965. The lowest BCUT2D eigenvalue weighted by Gasteiger charge is -2.31. The molecule has 0 radical (unpaired) electrons. The first-order valence-electron chi connectivity index (χ1n) is 8.75. The minimum absolute atomic E-state index is 0.225. The highest BCUT2D eigenvalue weighted by Crippen LogP contribution is 2.01. The summed E-state index contributed by atoms with van der Waals surface area (Å²) in [5.74, 6) is 0. The Morgan fingerprint density at radius 3 is 2.14 bits per heavy atom. The normalized spacial score (nSPS) is 18.6. The van der Waals surface area contributed by atoms with E-state index in [0.717, 1.165) is 72.0 Å². The second-order valence-corrected chi connectivity index (χ2v) is 5.98. The van der Waals surface area contributed by atoms with E-state index in [1.165, 1.54) is 6.42 Å². The molecule has 1 aliphatic rings. The molecule has 1 saturated heterocycles. The van der Waals surface area contributed by atoms with E-state index < -0.39 is 0 Å². The van der Waals surface area contributed by atoms with Crippen molar-refractivity contribution in [3.63, 3.8) is 0 Å². The zero-order chi connectivity index (χ0) is 15.5. The standard InChI is InChI=1S/C16H36N4O/c1-4-18(5-2)10-7-11-19(6-3)14-16(21)15-20-12-8-17-9-13-20/h16-17,21H,4-15H2,1-3H3. The lowest BCUT2D eigenvalue weighted by molar-refractivity contribution is 0.0696. The van der Waals surface area contributed by atoms with Gasteiger partial charge in [0.2, 0.25) is 0 Å². The minimum atomic E-state index is -0.225. The van der Waals surface area contributed by atoms with Crippen molar-refractivity contribution < 1.29 is 5.11 Å². The van der Waals surface area contributed by atoms with Gasteiger partial charge in [-0.3, -0.25) is 4.90 Å². The number of likely N-dealkylation sites (N-methyl/N-ethyl adjacent to an activating group) is 1. The van der Waals surface area contributed by atoms with E-state index in [4.69, 9.17) is 0 Å². The van der Waals surface area contributed by atoms with E-state index >= 15 is 0 Å². The van der Waals surface area contributed by atoms with Gasteiger partial charge in [0.1, 0.15) is 0 Å². The van der Waals surface area contributed by atoms with Gasteiger partial charge in [-0.15, -0.1) is 0 Å². The van der Waals surface area contributed by atoms with Crippen molar-refractivity contribution in [3.8, 4) is 0 Å². The third kappa shape index (κ3) is 8.12. The van der Waals surface area contributed by atoms with Gasteiger partial charge in [-0.2, -0.15) is 0 Å². The fraction of sp³-hybridized carbons (Fsp3) is 1.00. The Morgan fingerprint density at radius 2 is 1.57 bits per heavy atom. The number of aliphatic hydroxyl groups excluding tert-OH is 1. The largest absolute Gasteiger partial charge is 0.390 e. The Labute approximate surface area is 131 Å². The second-order valence-electron chi connectivity index (χ2n) is 5.98. The van der Waals surface area contributed by atoms with Crippen LogP contribution in [-0.4, -0.2) is 97.9 Å². The smallest absolute Gasteiger partial charge is 0.0793 e. The van der Waals surface area contributed by atoms with Crippen molar-refractivity contribution in [1.82, 2.24) is 20.0 Å². The fourth-order valence-corrected chi connectivity index (χ4v) is 2.98. The SMILES string of the molecule is CCN(CC)CCCN(CC)CC(O)CN1CCNCC1. The van der Waals surface area contributed by atoms with Crippen LogP contribution in [-0.2, 0) is 0 Å². The number of nitrogens with zero attached hydrogens (tertiary/aromatic N) is 3. The summed E-state index contributed by atoms with van der Waals surface area (Å²) >= 11 is 0. The van der Waals surface area contributed by atoms with E-state index in [0.29, 0.717) is 0 Å². The number of β-amino-alcohol motifs (C(OH)–C–C–N with tert-alkyl or cyclic N) is 1. The van der Waals surface area contributed by atoms with Crippen molar-refractivity contribution in [1.29, 1.82) is 0 Å². The van der Waals surface area contributed by atoms with Crippen LogP contribution in [0.2, 0.25) is 0 Å². The number of piperazine rings is 1. The van der Waals surface area contributed by atoms with Gasteiger partial charge in [0.05, 0.1) is 6.10 Å². The Bertz CT molecular complexity index is 242. The molecular weight excluding hydrogens is 264 g/mol. The van der Waals surface area contributed by atoms with E-state index in [1.54, 1.807) is 0 Å². The van der Waals surface area contributed by atoms with Gasteiger partial charge in [0.15, 0.2) is 0 Å². The van der Waals surface area contributed by atoms with Gasteiger partial charge in [0.25, 0.3) is 0 Å².